The number of rotatable bonds is 9. The molecular weight excluding hydrogens is 215 g/mol. The maximum absolute atomic E-state index is 11.4. The van der Waals surface area contributed by atoms with Gasteiger partial charge in [-0.3, -0.25) is 0 Å². The Kier molecular flexibility index (Phi) is 8.28. The summed E-state index contributed by atoms with van der Waals surface area (Å²) in [6.45, 7) is 11.3. The third-order valence-electron chi connectivity index (χ3n) is 4.37. The van der Waals surface area contributed by atoms with Gasteiger partial charge in [0.25, 0.3) is 0 Å². The van der Waals surface area contributed by atoms with Gasteiger partial charge in [-0.15, -0.1) is 0 Å². The Morgan fingerprint density at radius 1 is 1.12 bits per heavy atom. The van der Waals surface area contributed by atoms with Crippen molar-refractivity contribution >= 4 is 8.46 Å². The normalized spacial score (nSPS) is 17.6. The quantitative estimate of drug-likeness (QED) is 0.391. The Morgan fingerprint density at radius 2 is 1.75 bits per heavy atom. The Balaban J connectivity index is 4.28. The molecule has 16 heavy (non-hydrogen) atoms. The fraction of sp³-hybridized carbons (Fsp3) is 1.00. The summed E-state index contributed by atoms with van der Waals surface area (Å²) >= 11 is 0. The second-order valence-corrected chi connectivity index (χ2v) is 6.47. The van der Waals surface area contributed by atoms with Gasteiger partial charge in [-0.2, -0.15) is 0 Å². The van der Waals surface area contributed by atoms with E-state index in [1.54, 1.807) is 0 Å². The molecule has 1 nitrogen and oxygen atoms in total. The first-order valence-electron chi connectivity index (χ1n) is 6.90. The summed E-state index contributed by atoms with van der Waals surface area (Å²) in [6.07, 6.45) is 7.42. The lowest BCUT2D eigenvalue weighted by atomic mass is 9.72. The van der Waals surface area contributed by atoms with Crippen LogP contribution in [0.3, 0.4) is 0 Å². The third-order valence-corrected chi connectivity index (χ3v) is 5.60. The van der Waals surface area contributed by atoms with E-state index in [0.717, 1.165) is 12.8 Å². The van der Waals surface area contributed by atoms with Crippen LogP contribution in [-0.4, -0.2) is 5.66 Å². The molecule has 3 unspecified atom stereocenters. The van der Waals surface area contributed by atoms with E-state index in [9.17, 15) is 4.57 Å². The SMILES string of the molecule is CCCCCCC([PH+]=O)C(C)(CC)C(C)C. The van der Waals surface area contributed by atoms with E-state index in [1.807, 2.05) is 0 Å². The molecule has 2 heteroatoms. The highest BCUT2D eigenvalue weighted by molar-refractivity contribution is 7.24. The molecule has 0 aliphatic rings. The molecule has 96 valence electrons. The van der Waals surface area contributed by atoms with Gasteiger partial charge in [0.15, 0.2) is 5.66 Å². The van der Waals surface area contributed by atoms with E-state index in [0.29, 0.717) is 11.6 Å². The molecule has 3 atom stereocenters. The van der Waals surface area contributed by atoms with Crippen LogP contribution in [0.25, 0.3) is 0 Å². The van der Waals surface area contributed by atoms with Crippen molar-refractivity contribution < 1.29 is 4.57 Å². The van der Waals surface area contributed by atoms with Crippen LogP contribution in [0.2, 0.25) is 0 Å². The summed E-state index contributed by atoms with van der Waals surface area (Å²) in [7, 11) is -0.138. The topological polar surface area (TPSA) is 17.1 Å². The van der Waals surface area contributed by atoms with E-state index in [-0.39, 0.29) is 13.9 Å². The summed E-state index contributed by atoms with van der Waals surface area (Å²) in [5, 5.41) is 0. The lowest BCUT2D eigenvalue weighted by molar-refractivity contribution is 0.190. The summed E-state index contributed by atoms with van der Waals surface area (Å²) in [5.41, 5.74) is 0.654. The molecule has 0 aliphatic heterocycles. The maximum atomic E-state index is 11.4. The molecule has 0 bridgehead atoms. The van der Waals surface area contributed by atoms with Gasteiger partial charge < -0.3 is 0 Å². The van der Waals surface area contributed by atoms with Gasteiger partial charge in [-0.25, -0.2) is 0 Å². The zero-order valence-corrected chi connectivity index (χ0v) is 12.8. The molecule has 0 N–H and O–H groups in total. The highest BCUT2D eigenvalue weighted by atomic mass is 31.1. The van der Waals surface area contributed by atoms with Crippen molar-refractivity contribution in [3.05, 3.63) is 0 Å². The van der Waals surface area contributed by atoms with E-state index in [4.69, 9.17) is 0 Å². The summed E-state index contributed by atoms with van der Waals surface area (Å²) in [4.78, 5) is 0. The van der Waals surface area contributed by atoms with Crippen LogP contribution in [0.5, 0.6) is 0 Å². The van der Waals surface area contributed by atoms with Crippen LogP contribution in [0, 0.1) is 11.3 Å². The van der Waals surface area contributed by atoms with Crippen molar-refractivity contribution in [1.29, 1.82) is 0 Å². The monoisotopic (exact) mass is 245 g/mol. The molecule has 0 aliphatic carbocycles. The predicted octanol–water partition coefficient (Wildman–Crippen LogP) is 5.42. The Morgan fingerprint density at radius 3 is 2.12 bits per heavy atom. The molecule has 0 amide bonds. The van der Waals surface area contributed by atoms with E-state index >= 15 is 0 Å². The minimum absolute atomic E-state index is 0.138. The molecule has 0 spiro atoms. The van der Waals surface area contributed by atoms with Gasteiger partial charge in [0, 0.05) is 5.41 Å². The second-order valence-electron chi connectivity index (χ2n) is 5.53. The van der Waals surface area contributed by atoms with Crippen LogP contribution in [0.1, 0.15) is 73.1 Å². The smallest absolute Gasteiger partial charge is 0.0771 e. The first-order valence-corrected chi connectivity index (χ1v) is 7.89. The largest absolute Gasteiger partial charge is 0.328 e. The van der Waals surface area contributed by atoms with Gasteiger partial charge in [0.05, 0.1) is 0 Å². The van der Waals surface area contributed by atoms with E-state index in [1.165, 1.54) is 25.7 Å². The average Bonchev–Trinajstić information content (AvgIpc) is 2.28. The Hall–Kier alpha value is 0.100. The van der Waals surface area contributed by atoms with Crippen molar-refractivity contribution in [2.75, 3.05) is 0 Å². The highest BCUT2D eigenvalue weighted by Crippen LogP contribution is 2.42. The van der Waals surface area contributed by atoms with Crippen molar-refractivity contribution in [2.45, 2.75) is 78.8 Å². The number of unbranched alkanes of at least 4 members (excludes halogenated alkanes) is 3. The van der Waals surface area contributed by atoms with Crippen LogP contribution in [0.4, 0.5) is 0 Å². The number of hydrogen-bond acceptors (Lipinski definition) is 1. The van der Waals surface area contributed by atoms with Crippen LogP contribution in [-0.2, 0) is 4.57 Å². The van der Waals surface area contributed by atoms with Crippen LogP contribution >= 0.6 is 8.46 Å². The second kappa shape index (κ2) is 8.23. The van der Waals surface area contributed by atoms with Gasteiger partial charge in [-0.05, 0) is 25.2 Å². The zero-order chi connectivity index (χ0) is 12.6. The van der Waals surface area contributed by atoms with Crippen LogP contribution in [0.15, 0.2) is 0 Å². The number of hydrogen-bond donors (Lipinski definition) is 0. The standard InChI is InChI=1S/C14H29OP/c1-6-8-9-10-11-13(16-15)14(5,7-2)12(3)4/h12-13H,6-11H2,1-5H3/p+1. The molecule has 0 heterocycles. The van der Waals surface area contributed by atoms with Gasteiger partial charge in [-0.1, -0.05) is 58.4 Å². The molecule has 0 aromatic heterocycles. The minimum Gasteiger partial charge on any atom is -0.0771 e. The fourth-order valence-electron chi connectivity index (χ4n) is 2.36. The third kappa shape index (κ3) is 4.53. The Labute approximate surface area is 104 Å². The molecule has 0 radical (unpaired) electrons. The zero-order valence-electron chi connectivity index (χ0n) is 11.8. The average molecular weight is 245 g/mol. The first-order chi connectivity index (χ1) is 7.52. The van der Waals surface area contributed by atoms with Gasteiger partial charge in [0.1, 0.15) is 0 Å². The van der Waals surface area contributed by atoms with Crippen molar-refractivity contribution in [3.63, 3.8) is 0 Å². The van der Waals surface area contributed by atoms with Gasteiger partial charge >= 0.3 is 8.46 Å². The minimum atomic E-state index is -0.138. The molecule has 0 saturated heterocycles. The summed E-state index contributed by atoms with van der Waals surface area (Å²) < 4.78 is 11.4. The summed E-state index contributed by atoms with van der Waals surface area (Å²) in [6, 6.07) is 0. The van der Waals surface area contributed by atoms with E-state index < -0.39 is 0 Å². The molecule has 0 aromatic rings. The van der Waals surface area contributed by atoms with Crippen molar-refractivity contribution in [2.24, 2.45) is 11.3 Å². The van der Waals surface area contributed by atoms with Gasteiger partial charge in [0.2, 0.25) is 0 Å². The Bertz CT molecular complexity index is 191. The van der Waals surface area contributed by atoms with E-state index in [2.05, 4.69) is 34.6 Å². The fourth-order valence-corrected chi connectivity index (χ4v) is 3.48. The lowest BCUT2D eigenvalue weighted by Crippen LogP contribution is -2.33. The predicted molar refractivity (Wildman–Crippen MR) is 74.8 cm³/mol. The molecular formula is C14H30OP+. The maximum Gasteiger partial charge on any atom is 0.328 e. The first kappa shape index (κ1) is 16.1. The van der Waals surface area contributed by atoms with Crippen molar-refractivity contribution in [3.8, 4) is 0 Å². The lowest BCUT2D eigenvalue weighted by Gasteiger charge is -2.33. The molecule has 0 rings (SSSR count). The molecule has 0 saturated carbocycles. The van der Waals surface area contributed by atoms with Crippen molar-refractivity contribution in [1.82, 2.24) is 0 Å². The molecule has 0 aromatic carbocycles. The van der Waals surface area contributed by atoms with Crippen LogP contribution < -0.4 is 0 Å². The highest BCUT2D eigenvalue weighted by Gasteiger charge is 2.40. The molecule has 0 fully saturated rings. The summed E-state index contributed by atoms with van der Waals surface area (Å²) in [5.74, 6) is 0.620.